The minimum absolute atomic E-state index is 0.0611. The van der Waals surface area contributed by atoms with Crippen molar-refractivity contribution in [1.82, 2.24) is 24.8 Å². The zero-order chi connectivity index (χ0) is 18.5. The Morgan fingerprint density at radius 3 is 2.88 bits per heavy atom. The molecule has 138 valence electrons. The number of hydrogen-bond acceptors (Lipinski definition) is 6. The highest BCUT2D eigenvalue weighted by Gasteiger charge is 2.17. The van der Waals surface area contributed by atoms with Crippen LogP contribution in [0.2, 0.25) is 0 Å². The minimum atomic E-state index is -0.0611. The summed E-state index contributed by atoms with van der Waals surface area (Å²) < 4.78 is 1.95. The van der Waals surface area contributed by atoms with Gasteiger partial charge in [0.15, 0.2) is 5.82 Å². The van der Waals surface area contributed by atoms with Crippen molar-refractivity contribution in [3.05, 3.63) is 35.5 Å². The van der Waals surface area contributed by atoms with Crippen LogP contribution in [-0.2, 0) is 11.3 Å². The summed E-state index contributed by atoms with van der Waals surface area (Å²) in [5.41, 5.74) is 4.51. The van der Waals surface area contributed by atoms with Crippen LogP contribution in [-0.4, -0.2) is 63.7 Å². The molecule has 1 amide bonds. The second-order valence-electron chi connectivity index (χ2n) is 6.15. The van der Waals surface area contributed by atoms with E-state index in [1.54, 1.807) is 5.51 Å². The average molecular weight is 373 g/mol. The van der Waals surface area contributed by atoms with E-state index in [1.165, 1.54) is 11.3 Å². The van der Waals surface area contributed by atoms with E-state index in [0.717, 1.165) is 27.4 Å². The molecule has 2 N–H and O–H groups in total. The Morgan fingerprint density at radius 1 is 1.35 bits per heavy atom. The first kappa shape index (κ1) is 18.5. The molecule has 0 unspecified atom stereocenters. The number of aliphatic hydroxyl groups excluding tert-OH is 1. The molecule has 0 bridgehead atoms. The molecule has 2 heterocycles. The van der Waals surface area contributed by atoms with Gasteiger partial charge in [-0.2, -0.15) is 0 Å². The van der Waals surface area contributed by atoms with Gasteiger partial charge in [-0.15, -0.1) is 11.3 Å². The lowest BCUT2D eigenvalue weighted by Crippen LogP contribution is -2.35. The van der Waals surface area contributed by atoms with E-state index in [0.29, 0.717) is 19.6 Å². The van der Waals surface area contributed by atoms with Crippen molar-refractivity contribution in [1.29, 1.82) is 0 Å². The molecule has 0 atom stereocenters. The summed E-state index contributed by atoms with van der Waals surface area (Å²) in [7, 11) is 1.91. The maximum Gasteiger partial charge on any atom is 0.240 e. The van der Waals surface area contributed by atoms with Crippen LogP contribution in [0.4, 0.5) is 0 Å². The Labute approximate surface area is 156 Å². The molecular formula is C18H23N5O2S. The molecular weight excluding hydrogens is 350 g/mol. The van der Waals surface area contributed by atoms with E-state index in [1.807, 2.05) is 47.7 Å². The van der Waals surface area contributed by atoms with Crippen molar-refractivity contribution in [2.24, 2.45) is 0 Å². The predicted molar refractivity (Wildman–Crippen MR) is 103 cm³/mol. The van der Waals surface area contributed by atoms with Gasteiger partial charge in [-0.1, -0.05) is 12.1 Å². The molecule has 3 aromatic rings. The minimum Gasteiger partial charge on any atom is -0.395 e. The summed E-state index contributed by atoms with van der Waals surface area (Å²) in [6.07, 6.45) is 0. The lowest BCUT2D eigenvalue weighted by molar-refractivity contribution is -0.121. The predicted octanol–water partition coefficient (Wildman–Crippen LogP) is 1.51. The van der Waals surface area contributed by atoms with Crippen LogP contribution in [0, 0.1) is 6.92 Å². The van der Waals surface area contributed by atoms with Gasteiger partial charge in [0.2, 0.25) is 5.91 Å². The lowest BCUT2D eigenvalue weighted by Gasteiger charge is -2.15. The molecule has 0 radical (unpaired) electrons. The van der Waals surface area contributed by atoms with Gasteiger partial charge in [0, 0.05) is 19.6 Å². The molecule has 3 rings (SSSR count). The van der Waals surface area contributed by atoms with Crippen molar-refractivity contribution in [2.45, 2.75) is 13.5 Å². The Bertz CT molecular complexity index is 889. The van der Waals surface area contributed by atoms with Crippen LogP contribution in [0.25, 0.3) is 21.7 Å². The third-order valence-electron chi connectivity index (χ3n) is 4.20. The Balaban J connectivity index is 1.78. The summed E-state index contributed by atoms with van der Waals surface area (Å²) in [4.78, 5) is 24.4. The number of thiazole rings is 1. The number of benzene rings is 1. The molecule has 2 aromatic heterocycles. The van der Waals surface area contributed by atoms with Crippen molar-refractivity contribution in [3.63, 3.8) is 0 Å². The van der Waals surface area contributed by atoms with Gasteiger partial charge in [-0.05, 0) is 26.1 Å². The van der Waals surface area contributed by atoms with E-state index in [4.69, 9.17) is 10.1 Å². The standard InChI is InChI=1S/C18H23N5O2S/c1-13-17(26-12-20-13)18-21-14-5-3-4-6-15(14)23(18)11-16(25)19-7-8-22(2)9-10-24/h3-6,12,24H,7-11H2,1-2H3,(H,19,25). The first-order chi connectivity index (χ1) is 12.6. The molecule has 0 aliphatic carbocycles. The van der Waals surface area contributed by atoms with Crippen LogP contribution >= 0.6 is 11.3 Å². The molecule has 7 nitrogen and oxygen atoms in total. The second kappa shape index (κ2) is 8.39. The number of amides is 1. The van der Waals surface area contributed by atoms with Crippen LogP contribution < -0.4 is 5.32 Å². The number of aryl methyl sites for hydroxylation is 1. The fourth-order valence-corrected chi connectivity index (χ4v) is 3.59. The van der Waals surface area contributed by atoms with Crippen LogP contribution in [0.3, 0.4) is 0 Å². The number of aliphatic hydroxyl groups is 1. The third kappa shape index (κ3) is 4.09. The summed E-state index contributed by atoms with van der Waals surface area (Å²) in [5.74, 6) is 0.715. The normalized spacial score (nSPS) is 11.4. The van der Waals surface area contributed by atoms with Crippen molar-refractivity contribution < 1.29 is 9.90 Å². The molecule has 0 aliphatic heterocycles. The summed E-state index contributed by atoms with van der Waals surface area (Å²) >= 11 is 1.53. The number of nitrogens with zero attached hydrogens (tertiary/aromatic N) is 4. The molecule has 8 heteroatoms. The van der Waals surface area contributed by atoms with Gasteiger partial charge in [0.1, 0.15) is 6.54 Å². The van der Waals surface area contributed by atoms with Crippen molar-refractivity contribution in [2.75, 3.05) is 33.3 Å². The Hall–Kier alpha value is -2.29. The van der Waals surface area contributed by atoms with Crippen molar-refractivity contribution >= 4 is 28.3 Å². The van der Waals surface area contributed by atoms with Crippen LogP contribution in [0.1, 0.15) is 5.69 Å². The molecule has 0 fully saturated rings. The fourth-order valence-electron chi connectivity index (χ4n) is 2.79. The Morgan fingerprint density at radius 2 is 2.15 bits per heavy atom. The highest BCUT2D eigenvalue weighted by Crippen LogP contribution is 2.29. The van der Waals surface area contributed by atoms with Gasteiger partial charge in [-0.25, -0.2) is 9.97 Å². The van der Waals surface area contributed by atoms with Crippen molar-refractivity contribution in [3.8, 4) is 10.7 Å². The zero-order valence-corrected chi connectivity index (χ0v) is 15.8. The number of fused-ring (bicyclic) bond motifs is 1. The first-order valence-electron chi connectivity index (χ1n) is 8.52. The van der Waals surface area contributed by atoms with Crippen LogP contribution in [0.5, 0.6) is 0 Å². The topological polar surface area (TPSA) is 83.3 Å². The third-order valence-corrected chi connectivity index (χ3v) is 5.13. The first-order valence-corrected chi connectivity index (χ1v) is 9.40. The number of aromatic nitrogens is 3. The molecule has 0 spiro atoms. The molecule has 1 aromatic carbocycles. The van der Waals surface area contributed by atoms with E-state index in [9.17, 15) is 4.79 Å². The summed E-state index contributed by atoms with van der Waals surface area (Å²) in [6, 6.07) is 7.82. The average Bonchev–Trinajstić information content (AvgIpc) is 3.19. The zero-order valence-electron chi connectivity index (χ0n) is 15.0. The summed E-state index contributed by atoms with van der Waals surface area (Å²) in [5, 5.41) is 11.9. The molecule has 0 aliphatic rings. The number of rotatable bonds is 8. The number of imidazole rings is 1. The molecule has 0 saturated heterocycles. The Kier molecular flexibility index (Phi) is 5.97. The van der Waals surface area contributed by atoms with Gasteiger partial charge < -0.3 is 19.9 Å². The van der Waals surface area contributed by atoms with E-state index in [-0.39, 0.29) is 19.1 Å². The summed E-state index contributed by atoms with van der Waals surface area (Å²) in [6.45, 7) is 4.10. The van der Waals surface area contributed by atoms with Gasteiger partial charge in [0.05, 0.1) is 33.7 Å². The number of carbonyl (C=O) groups is 1. The number of likely N-dealkylation sites (N-methyl/N-ethyl adjacent to an activating group) is 1. The second-order valence-corrected chi connectivity index (χ2v) is 7.01. The lowest BCUT2D eigenvalue weighted by atomic mass is 10.3. The molecule has 0 saturated carbocycles. The van der Waals surface area contributed by atoms with E-state index < -0.39 is 0 Å². The quantitative estimate of drug-likeness (QED) is 0.625. The van der Waals surface area contributed by atoms with Gasteiger partial charge in [0.25, 0.3) is 0 Å². The largest absolute Gasteiger partial charge is 0.395 e. The molecule has 26 heavy (non-hydrogen) atoms. The van der Waals surface area contributed by atoms with E-state index in [2.05, 4.69) is 10.3 Å². The van der Waals surface area contributed by atoms with Gasteiger partial charge in [-0.3, -0.25) is 4.79 Å². The monoisotopic (exact) mass is 373 g/mol. The van der Waals surface area contributed by atoms with Gasteiger partial charge >= 0.3 is 0 Å². The number of hydrogen-bond donors (Lipinski definition) is 2. The highest BCUT2D eigenvalue weighted by molar-refractivity contribution is 7.13. The smallest absolute Gasteiger partial charge is 0.240 e. The number of carbonyl (C=O) groups excluding carboxylic acids is 1. The van der Waals surface area contributed by atoms with E-state index >= 15 is 0 Å². The number of para-hydroxylation sites is 2. The fraction of sp³-hybridized carbons (Fsp3) is 0.389. The van der Waals surface area contributed by atoms with Crippen LogP contribution in [0.15, 0.2) is 29.8 Å². The highest BCUT2D eigenvalue weighted by atomic mass is 32.1. The number of nitrogens with one attached hydrogen (secondary N) is 1. The maximum atomic E-state index is 12.5. The SMILES string of the molecule is Cc1ncsc1-c1nc2ccccc2n1CC(=O)NCCN(C)CCO. The maximum absolute atomic E-state index is 12.5.